The highest BCUT2D eigenvalue weighted by Crippen LogP contribution is 2.15. The van der Waals surface area contributed by atoms with E-state index in [4.69, 9.17) is 27.9 Å². The summed E-state index contributed by atoms with van der Waals surface area (Å²) < 4.78 is 5.02. The zero-order valence-corrected chi connectivity index (χ0v) is 19.8. The van der Waals surface area contributed by atoms with Crippen LogP contribution in [0, 0.1) is 0 Å². The molecule has 0 saturated carbocycles. The molecule has 0 aromatic carbocycles. The van der Waals surface area contributed by atoms with Gasteiger partial charge in [0, 0.05) is 6.08 Å². The molecule has 2 radical (unpaired) electrons. The summed E-state index contributed by atoms with van der Waals surface area (Å²) in [7, 11) is 0.707. The molecule has 0 aliphatic rings. The Balaban J connectivity index is 3.13. The van der Waals surface area contributed by atoms with Crippen molar-refractivity contribution in [3.63, 3.8) is 0 Å². The normalized spacial score (nSPS) is 12.3. The quantitative estimate of drug-likeness (QED) is 0.0640. The molecule has 0 fully saturated rings. The molecule has 158 valence electrons. The van der Waals surface area contributed by atoms with Crippen molar-refractivity contribution in [3.8, 4) is 0 Å². The maximum Gasteiger partial charge on any atom is 0.330 e. The number of alkyl halides is 2. The highest BCUT2D eigenvalue weighted by atomic mass is 35.5. The van der Waals surface area contributed by atoms with Crippen LogP contribution in [-0.2, 0) is 9.53 Å². The predicted molar refractivity (Wildman–Crippen MR) is 121 cm³/mol. The molecular formula is C22H40Cl2O2Si. The maximum absolute atomic E-state index is 11.1. The molecule has 0 aliphatic heterocycles. The number of carbonyl (C=O) groups is 1. The molecule has 5 heteroatoms. The monoisotopic (exact) mass is 434 g/mol. The number of esters is 1. The van der Waals surface area contributed by atoms with Crippen LogP contribution in [0.5, 0.6) is 0 Å². The Morgan fingerprint density at radius 2 is 1.26 bits per heavy atom. The molecule has 1 atom stereocenters. The minimum absolute atomic E-state index is 0.0134. The molecule has 27 heavy (non-hydrogen) atoms. The Labute approximate surface area is 180 Å². The van der Waals surface area contributed by atoms with E-state index in [1.807, 2.05) is 6.92 Å². The fourth-order valence-corrected chi connectivity index (χ4v) is 4.52. The van der Waals surface area contributed by atoms with Crippen molar-refractivity contribution in [2.75, 3.05) is 0 Å². The second kappa shape index (κ2) is 20.7. The lowest BCUT2D eigenvalue weighted by Gasteiger charge is -2.11. The Hall–Kier alpha value is 0.00688. The van der Waals surface area contributed by atoms with Gasteiger partial charge < -0.3 is 4.74 Å². The summed E-state index contributed by atoms with van der Waals surface area (Å²) in [6.07, 6.45) is 20.9. The summed E-state index contributed by atoms with van der Waals surface area (Å²) in [4.78, 5) is 11.1. The molecule has 0 bridgehead atoms. The first-order chi connectivity index (χ1) is 13.1. The van der Waals surface area contributed by atoms with Crippen LogP contribution in [0.25, 0.3) is 0 Å². The van der Waals surface area contributed by atoms with Crippen molar-refractivity contribution in [1.82, 2.24) is 0 Å². The molecule has 0 amide bonds. The molecule has 0 N–H and O–H groups in total. The SMILES string of the molecule is C=CC(=O)OC(C)CCCCCCCCCCCCCCCC[Si]C(Cl)Cl. The number of rotatable bonds is 20. The maximum atomic E-state index is 11.1. The van der Waals surface area contributed by atoms with Gasteiger partial charge in [-0.05, 0) is 19.8 Å². The lowest BCUT2D eigenvalue weighted by Crippen LogP contribution is -2.12. The van der Waals surface area contributed by atoms with Crippen molar-refractivity contribution in [2.24, 2.45) is 0 Å². The van der Waals surface area contributed by atoms with Gasteiger partial charge in [-0.2, -0.15) is 0 Å². The van der Waals surface area contributed by atoms with Gasteiger partial charge in [0.1, 0.15) is 0 Å². The first-order valence-electron chi connectivity index (χ1n) is 10.9. The van der Waals surface area contributed by atoms with Gasteiger partial charge in [0.2, 0.25) is 0 Å². The second-order valence-corrected chi connectivity index (χ2v) is 10.8. The minimum atomic E-state index is -0.310. The number of hydrogen-bond acceptors (Lipinski definition) is 2. The molecule has 0 spiro atoms. The highest BCUT2D eigenvalue weighted by Gasteiger charge is 2.05. The van der Waals surface area contributed by atoms with Gasteiger partial charge >= 0.3 is 5.97 Å². The van der Waals surface area contributed by atoms with Crippen LogP contribution in [0.1, 0.15) is 103 Å². The zero-order valence-electron chi connectivity index (χ0n) is 17.3. The van der Waals surface area contributed by atoms with Gasteiger partial charge in [-0.1, -0.05) is 96.1 Å². The topological polar surface area (TPSA) is 26.3 Å². The summed E-state index contributed by atoms with van der Waals surface area (Å²) in [6, 6.07) is 1.19. The summed E-state index contributed by atoms with van der Waals surface area (Å²) in [5, 5.41) is 0. The van der Waals surface area contributed by atoms with Crippen molar-refractivity contribution in [1.29, 1.82) is 0 Å². The number of hydrogen-bond donors (Lipinski definition) is 0. The molecule has 0 heterocycles. The number of unbranched alkanes of at least 4 members (excludes halogenated alkanes) is 13. The summed E-state index contributed by atoms with van der Waals surface area (Å²) in [5.41, 5.74) is 0. The molecule has 2 nitrogen and oxygen atoms in total. The lowest BCUT2D eigenvalue weighted by atomic mass is 10.0. The summed E-state index contributed by atoms with van der Waals surface area (Å²) >= 11 is 11.5. The number of halogens is 2. The van der Waals surface area contributed by atoms with Gasteiger partial charge in [-0.3, -0.25) is 0 Å². The van der Waals surface area contributed by atoms with E-state index in [2.05, 4.69) is 6.58 Å². The summed E-state index contributed by atoms with van der Waals surface area (Å²) in [5.74, 6) is -0.310. The third kappa shape index (κ3) is 22.2. The molecule has 0 aromatic rings. The van der Waals surface area contributed by atoms with E-state index in [1.165, 1.54) is 95.6 Å². The molecule has 0 rings (SSSR count). The minimum Gasteiger partial charge on any atom is -0.460 e. The van der Waals surface area contributed by atoms with Crippen molar-refractivity contribution < 1.29 is 9.53 Å². The highest BCUT2D eigenvalue weighted by molar-refractivity contribution is 6.68. The zero-order chi connectivity index (χ0) is 20.2. The van der Waals surface area contributed by atoms with E-state index >= 15 is 0 Å². The molecule has 0 saturated heterocycles. The standard InChI is InChI=1S/C22H40Cl2O2Si/c1-3-21(25)26-20(2)18-16-14-12-10-8-6-4-5-7-9-11-13-15-17-19-27-22(23)24/h3,20,22H,1,4-19H2,2H3. The first-order valence-corrected chi connectivity index (χ1v) is 13.1. The van der Waals surface area contributed by atoms with Gasteiger partial charge in [0.25, 0.3) is 0 Å². The van der Waals surface area contributed by atoms with E-state index in [-0.39, 0.29) is 16.5 Å². The van der Waals surface area contributed by atoms with Crippen molar-refractivity contribution >= 4 is 38.7 Å². The Morgan fingerprint density at radius 3 is 1.67 bits per heavy atom. The van der Waals surface area contributed by atoms with E-state index in [9.17, 15) is 4.79 Å². The van der Waals surface area contributed by atoms with Crippen LogP contribution in [0.15, 0.2) is 12.7 Å². The average Bonchev–Trinajstić information content (AvgIpc) is 2.63. The van der Waals surface area contributed by atoms with E-state index in [0.29, 0.717) is 9.52 Å². The van der Waals surface area contributed by atoms with Gasteiger partial charge in [-0.25, -0.2) is 4.79 Å². The van der Waals surface area contributed by atoms with Crippen LogP contribution in [0.4, 0.5) is 0 Å². The average molecular weight is 436 g/mol. The van der Waals surface area contributed by atoms with Crippen LogP contribution in [0.2, 0.25) is 6.04 Å². The number of ether oxygens (including phenoxy) is 1. The van der Waals surface area contributed by atoms with Crippen molar-refractivity contribution in [3.05, 3.63) is 12.7 Å². The largest absolute Gasteiger partial charge is 0.460 e. The van der Waals surface area contributed by atoms with Crippen LogP contribution in [0.3, 0.4) is 0 Å². The van der Waals surface area contributed by atoms with Gasteiger partial charge in [0.15, 0.2) is 0 Å². The number of carbonyl (C=O) groups excluding carboxylic acids is 1. The lowest BCUT2D eigenvalue weighted by molar-refractivity contribution is -0.142. The Morgan fingerprint density at radius 1 is 0.852 bits per heavy atom. The fourth-order valence-electron chi connectivity index (χ4n) is 3.19. The van der Waals surface area contributed by atoms with Crippen LogP contribution in [-0.4, -0.2) is 26.1 Å². The second-order valence-electron chi connectivity index (χ2n) is 7.44. The summed E-state index contributed by atoms with van der Waals surface area (Å²) in [6.45, 7) is 5.37. The predicted octanol–water partition coefficient (Wildman–Crippen LogP) is 7.84. The van der Waals surface area contributed by atoms with Gasteiger partial charge in [-0.15, -0.1) is 23.2 Å². The molecule has 0 aromatic heterocycles. The molecule has 0 aliphatic carbocycles. The van der Waals surface area contributed by atoms with Crippen molar-refractivity contribution in [2.45, 2.75) is 120 Å². The van der Waals surface area contributed by atoms with Gasteiger partial charge in [0.05, 0.1) is 20.1 Å². The third-order valence-electron chi connectivity index (χ3n) is 4.82. The Kier molecular flexibility index (Phi) is 20.7. The van der Waals surface area contributed by atoms with E-state index < -0.39 is 0 Å². The fraction of sp³-hybridized carbons (Fsp3) is 0.864. The first kappa shape index (κ1) is 27.0. The van der Waals surface area contributed by atoms with E-state index in [1.54, 1.807) is 0 Å². The smallest absolute Gasteiger partial charge is 0.330 e. The van der Waals surface area contributed by atoms with Crippen LogP contribution >= 0.6 is 23.2 Å². The van der Waals surface area contributed by atoms with Crippen LogP contribution < -0.4 is 0 Å². The third-order valence-corrected chi connectivity index (χ3v) is 6.70. The van der Waals surface area contributed by atoms with E-state index in [0.717, 1.165) is 12.8 Å². The molecular weight excluding hydrogens is 395 g/mol. The Bertz CT molecular complexity index is 351. The molecule has 1 unspecified atom stereocenters.